The molecule has 1 aliphatic heterocycles. The van der Waals surface area contributed by atoms with Crippen LogP contribution in [0.3, 0.4) is 0 Å². The van der Waals surface area contributed by atoms with Gasteiger partial charge >= 0.3 is 0 Å². The number of benzene rings is 2. The van der Waals surface area contributed by atoms with Gasteiger partial charge in [0.15, 0.2) is 5.96 Å². The SMILES string of the molecule is CN=C(NCCCc1c[nH]c2ccccc12)NC1CCN(c2ccccc2OC)C1. The number of fused-ring (bicyclic) bond motifs is 1. The van der Waals surface area contributed by atoms with Crippen LogP contribution < -0.4 is 20.3 Å². The summed E-state index contributed by atoms with van der Waals surface area (Å²) in [6, 6.07) is 17.1. The lowest BCUT2D eigenvalue weighted by molar-refractivity contribution is 0.415. The highest BCUT2D eigenvalue weighted by atomic mass is 16.5. The van der Waals surface area contributed by atoms with E-state index in [4.69, 9.17) is 4.74 Å². The maximum Gasteiger partial charge on any atom is 0.191 e. The minimum Gasteiger partial charge on any atom is -0.495 e. The highest BCUT2D eigenvalue weighted by Gasteiger charge is 2.25. The third-order valence-corrected chi connectivity index (χ3v) is 5.77. The Labute approximate surface area is 178 Å². The van der Waals surface area contributed by atoms with Crippen LogP contribution in [-0.4, -0.2) is 50.8 Å². The lowest BCUT2D eigenvalue weighted by Crippen LogP contribution is -2.44. The summed E-state index contributed by atoms with van der Waals surface area (Å²) in [6.45, 7) is 2.84. The van der Waals surface area contributed by atoms with Gasteiger partial charge in [-0.15, -0.1) is 0 Å². The number of hydrogen-bond donors (Lipinski definition) is 3. The number of hydrogen-bond acceptors (Lipinski definition) is 3. The molecule has 1 unspecified atom stereocenters. The van der Waals surface area contributed by atoms with Crippen molar-refractivity contribution >= 4 is 22.5 Å². The van der Waals surface area contributed by atoms with Gasteiger partial charge in [-0.3, -0.25) is 4.99 Å². The maximum absolute atomic E-state index is 5.52. The number of aryl methyl sites for hydroxylation is 1. The first-order valence-corrected chi connectivity index (χ1v) is 10.7. The van der Waals surface area contributed by atoms with Gasteiger partial charge in [-0.1, -0.05) is 30.3 Å². The van der Waals surface area contributed by atoms with Crippen molar-refractivity contribution in [1.82, 2.24) is 15.6 Å². The third-order valence-electron chi connectivity index (χ3n) is 5.77. The molecule has 1 fully saturated rings. The molecular weight excluding hydrogens is 374 g/mol. The number of guanidine groups is 1. The molecule has 3 aromatic rings. The summed E-state index contributed by atoms with van der Waals surface area (Å²) in [7, 11) is 3.56. The van der Waals surface area contributed by atoms with Gasteiger partial charge in [0.05, 0.1) is 12.8 Å². The molecular formula is C24H31N5O. The van der Waals surface area contributed by atoms with Crippen molar-refractivity contribution in [3.8, 4) is 5.75 Å². The Kier molecular flexibility index (Phi) is 6.42. The standard InChI is InChI=1S/C24H31N5O/c1-25-24(26-14-7-8-18-16-27-21-10-4-3-9-20(18)21)28-19-13-15-29(17-19)22-11-5-6-12-23(22)30-2/h3-6,9-12,16,19,27H,7-8,13-15,17H2,1-2H3,(H2,25,26,28). The van der Waals surface area contributed by atoms with Gasteiger partial charge in [0.25, 0.3) is 0 Å². The third kappa shape index (κ3) is 4.53. The molecule has 0 radical (unpaired) electrons. The van der Waals surface area contributed by atoms with Gasteiger partial charge < -0.3 is 25.3 Å². The highest BCUT2D eigenvalue weighted by Crippen LogP contribution is 2.30. The largest absolute Gasteiger partial charge is 0.495 e. The number of aromatic amines is 1. The molecule has 1 aromatic heterocycles. The number of nitrogens with one attached hydrogen (secondary N) is 3. The summed E-state index contributed by atoms with van der Waals surface area (Å²) in [6.07, 6.45) is 5.30. The van der Waals surface area contributed by atoms with Gasteiger partial charge in [0, 0.05) is 49.8 Å². The van der Waals surface area contributed by atoms with Crippen LogP contribution in [0.2, 0.25) is 0 Å². The van der Waals surface area contributed by atoms with Gasteiger partial charge in [-0.25, -0.2) is 0 Å². The molecule has 1 aliphatic rings. The minimum atomic E-state index is 0.370. The second-order valence-electron chi connectivity index (χ2n) is 7.71. The van der Waals surface area contributed by atoms with Gasteiger partial charge in [0.1, 0.15) is 5.75 Å². The minimum absolute atomic E-state index is 0.370. The number of methoxy groups -OCH3 is 1. The predicted molar refractivity (Wildman–Crippen MR) is 125 cm³/mol. The van der Waals surface area contributed by atoms with Crippen LogP contribution in [0.15, 0.2) is 59.7 Å². The van der Waals surface area contributed by atoms with E-state index in [0.717, 1.165) is 56.3 Å². The van der Waals surface area contributed by atoms with E-state index in [1.807, 2.05) is 19.2 Å². The Hall–Kier alpha value is -3.15. The van der Waals surface area contributed by atoms with Crippen LogP contribution in [0, 0.1) is 0 Å². The van der Waals surface area contributed by atoms with Gasteiger partial charge in [0.2, 0.25) is 0 Å². The van der Waals surface area contributed by atoms with Crippen LogP contribution in [0.5, 0.6) is 5.75 Å². The monoisotopic (exact) mass is 405 g/mol. The van der Waals surface area contributed by atoms with Crippen molar-refractivity contribution in [1.29, 1.82) is 0 Å². The van der Waals surface area contributed by atoms with E-state index in [-0.39, 0.29) is 0 Å². The Morgan fingerprint density at radius 3 is 2.90 bits per heavy atom. The summed E-state index contributed by atoms with van der Waals surface area (Å²) >= 11 is 0. The van der Waals surface area contributed by atoms with Gasteiger partial charge in [-0.05, 0) is 43.0 Å². The Morgan fingerprint density at radius 2 is 2.03 bits per heavy atom. The molecule has 3 N–H and O–H groups in total. The first-order valence-electron chi connectivity index (χ1n) is 10.7. The first kappa shape index (κ1) is 20.1. The van der Waals surface area contributed by atoms with Crippen molar-refractivity contribution < 1.29 is 4.74 Å². The number of nitrogens with zero attached hydrogens (tertiary/aromatic N) is 2. The molecule has 1 saturated heterocycles. The van der Waals surface area contributed by atoms with E-state index >= 15 is 0 Å². The van der Waals surface area contributed by atoms with Crippen molar-refractivity contribution in [3.63, 3.8) is 0 Å². The quantitative estimate of drug-likeness (QED) is 0.320. The zero-order valence-electron chi connectivity index (χ0n) is 17.8. The molecule has 158 valence electrons. The summed E-state index contributed by atoms with van der Waals surface area (Å²) in [5, 5.41) is 8.37. The summed E-state index contributed by atoms with van der Waals surface area (Å²) in [5.41, 5.74) is 3.74. The average Bonchev–Trinajstić information content (AvgIpc) is 3.43. The summed E-state index contributed by atoms with van der Waals surface area (Å²) < 4.78 is 5.52. The molecule has 6 heteroatoms. The van der Waals surface area contributed by atoms with Crippen molar-refractivity contribution in [2.24, 2.45) is 4.99 Å². The second-order valence-corrected chi connectivity index (χ2v) is 7.71. The van der Waals surface area contributed by atoms with Crippen LogP contribution in [0.1, 0.15) is 18.4 Å². The summed E-state index contributed by atoms with van der Waals surface area (Å²) in [4.78, 5) is 10.1. The van der Waals surface area contributed by atoms with Crippen molar-refractivity contribution in [3.05, 3.63) is 60.3 Å². The topological polar surface area (TPSA) is 64.7 Å². The van der Waals surface area contributed by atoms with Crippen LogP contribution >= 0.6 is 0 Å². The molecule has 0 aliphatic carbocycles. The van der Waals surface area contributed by atoms with Crippen molar-refractivity contribution in [2.75, 3.05) is 38.7 Å². The Morgan fingerprint density at radius 1 is 1.20 bits per heavy atom. The molecule has 4 rings (SSSR count). The number of H-pyrrole nitrogens is 1. The van der Waals surface area contributed by atoms with Crippen LogP contribution in [0.25, 0.3) is 10.9 Å². The van der Waals surface area contributed by atoms with E-state index in [1.54, 1.807) is 7.11 Å². The van der Waals surface area contributed by atoms with Crippen molar-refractivity contribution in [2.45, 2.75) is 25.3 Å². The molecule has 6 nitrogen and oxygen atoms in total. The average molecular weight is 406 g/mol. The lowest BCUT2D eigenvalue weighted by Gasteiger charge is -2.22. The number of aliphatic imine (C=N–C) groups is 1. The zero-order valence-corrected chi connectivity index (χ0v) is 17.8. The van der Waals surface area contributed by atoms with Crippen LogP contribution in [-0.2, 0) is 6.42 Å². The fourth-order valence-electron chi connectivity index (χ4n) is 4.20. The van der Waals surface area contributed by atoms with E-state index in [1.165, 1.54) is 16.5 Å². The number of para-hydroxylation sites is 3. The molecule has 0 bridgehead atoms. The smallest absolute Gasteiger partial charge is 0.191 e. The molecule has 1 atom stereocenters. The first-order chi connectivity index (χ1) is 14.8. The number of anilines is 1. The molecule has 2 aromatic carbocycles. The Bertz CT molecular complexity index is 996. The molecule has 30 heavy (non-hydrogen) atoms. The highest BCUT2D eigenvalue weighted by molar-refractivity contribution is 5.83. The van der Waals surface area contributed by atoms with E-state index in [9.17, 15) is 0 Å². The summed E-state index contributed by atoms with van der Waals surface area (Å²) in [5.74, 6) is 1.80. The number of ether oxygens (including phenoxy) is 1. The lowest BCUT2D eigenvalue weighted by atomic mass is 10.1. The predicted octanol–water partition coefficient (Wildman–Crippen LogP) is 3.55. The second kappa shape index (κ2) is 9.57. The fraction of sp³-hybridized carbons (Fsp3) is 0.375. The Balaban J connectivity index is 1.24. The van der Waals surface area contributed by atoms with E-state index in [0.29, 0.717) is 6.04 Å². The number of aromatic nitrogens is 1. The van der Waals surface area contributed by atoms with E-state index < -0.39 is 0 Å². The van der Waals surface area contributed by atoms with Crippen LogP contribution in [0.4, 0.5) is 5.69 Å². The fourth-order valence-corrected chi connectivity index (χ4v) is 4.20. The molecule has 2 heterocycles. The number of rotatable bonds is 7. The zero-order chi connectivity index (χ0) is 20.8. The molecule has 0 spiro atoms. The van der Waals surface area contributed by atoms with E-state index in [2.05, 4.69) is 68.1 Å². The molecule has 0 saturated carbocycles. The maximum atomic E-state index is 5.52. The normalized spacial score (nSPS) is 16.8. The van der Waals surface area contributed by atoms with Gasteiger partial charge in [-0.2, -0.15) is 0 Å². The molecule has 0 amide bonds.